The number of aliphatic hydroxyl groups excluding tert-OH is 1. The molecule has 3 unspecified atom stereocenters. The van der Waals surface area contributed by atoms with E-state index in [9.17, 15) is 28.9 Å². The minimum atomic E-state index is -4.75. The summed E-state index contributed by atoms with van der Waals surface area (Å²) in [5.74, 6) is -1.50. The summed E-state index contributed by atoms with van der Waals surface area (Å²) in [7, 11) is -4.75. The van der Waals surface area contributed by atoms with Crippen molar-refractivity contribution in [3.05, 3.63) is 60.8 Å². The molecule has 0 saturated carbocycles. The molecule has 0 aliphatic carbocycles. The summed E-state index contributed by atoms with van der Waals surface area (Å²) in [4.78, 5) is 48.4. The maximum Gasteiger partial charge on any atom is 0.472 e. The third kappa shape index (κ3) is 48.2. The Labute approximate surface area is 415 Å². The molecule has 0 aromatic rings. The van der Waals surface area contributed by atoms with Crippen molar-refractivity contribution in [2.24, 2.45) is 0 Å². The molecule has 0 heterocycles. The monoisotopic (exact) mass is 979 g/mol. The molecule has 0 rings (SSSR count). The standard InChI is InChI=1S/C56H99O11P/c1-4-7-10-13-16-19-22-25-26-29-30-33-36-39-42-45-54(58)63-49-53(67-56(60)47-44-41-38-35-32-28-24-21-18-15-12-9-6-3)51-65-68(61,62)64-50-52(48-57)66-55(59)46-43-40-37-34-31-27-23-20-17-14-11-8-5-2/h12,15-16,19-21,23-26,52-53,57H,4-11,13-14,17-18,22,27-51H2,1-3H3,(H,61,62)/b15-12-,19-16-,23-20-,24-21-,26-25-. The van der Waals surface area contributed by atoms with Crippen molar-refractivity contribution >= 4 is 25.7 Å². The van der Waals surface area contributed by atoms with Gasteiger partial charge in [0.25, 0.3) is 0 Å². The Balaban J connectivity index is 4.77. The van der Waals surface area contributed by atoms with Gasteiger partial charge in [0, 0.05) is 19.3 Å². The number of phosphoric ester groups is 1. The normalized spacial score (nSPS) is 13.9. The van der Waals surface area contributed by atoms with E-state index in [-0.39, 0.29) is 25.9 Å². The molecule has 394 valence electrons. The van der Waals surface area contributed by atoms with E-state index in [1.54, 1.807) is 0 Å². The zero-order chi connectivity index (χ0) is 49.9. The van der Waals surface area contributed by atoms with Gasteiger partial charge in [-0.15, -0.1) is 0 Å². The van der Waals surface area contributed by atoms with E-state index in [2.05, 4.69) is 81.5 Å². The zero-order valence-electron chi connectivity index (χ0n) is 43.3. The quantitative estimate of drug-likeness (QED) is 0.0197. The Bertz CT molecular complexity index is 1370. The molecule has 3 atom stereocenters. The van der Waals surface area contributed by atoms with E-state index in [1.165, 1.54) is 44.9 Å². The molecule has 0 aliphatic rings. The van der Waals surface area contributed by atoms with Gasteiger partial charge in [0.1, 0.15) is 12.7 Å². The second-order valence-electron chi connectivity index (χ2n) is 18.0. The Hall–Kier alpha value is -2.82. The van der Waals surface area contributed by atoms with Crippen LogP contribution in [0.25, 0.3) is 0 Å². The van der Waals surface area contributed by atoms with Gasteiger partial charge in [0.15, 0.2) is 6.10 Å². The molecule has 2 N–H and O–H groups in total. The predicted molar refractivity (Wildman–Crippen MR) is 279 cm³/mol. The maximum atomic E-state index is 12.9. The number of phosphoric acid groups is 1. The lowest BCUT2D eigenvalue weighted by molar-refractivity contribution is -0.161. The van der Waals surface area contributed by atoms with Crippen LogP contribution in [0, 0.1) is 0 Å². The lowest BCUT2D eigenvalue weighted by Crippen LogP contribution is -2.30. The van der Waals surface area contributed by atoms with Crippen molar-refractivity contribution in [1.29, 1.82) is 0 Å². The predicted octanol–water partition coefficient (Wildman–Crippen LogP) is 15.6. The van der Waals surface area contributed by atoms with E-state index in [0.29, 0.717) is 19.3 Å². The number of hydrogen-bond acceptors (Lipinski definition) is 10. The highest BCUT2D eigenvalue weighted by Crippen LogP contribution is 2.43. The van der Waals surface area contributed by atoms with E-state index in [1.807, 2.05) is 0 Å². The third-order valence-electron chi connectivity index (χ3n) is 11.4. The SMILES string of the molecule is CCC/C=C\C/C=C\CCCCCCCC(=O)OC(COC(=O)CCCCCCC/C=C\C/C=C\CCCCC)COP(=O)(O)OCC(CO)OC(=O)CCCCCCC/C=C\CCCCCC. The van der Waals surface area contributed by atoms with Gasteiger partial charge >= 0.3 is 25.7 Å². The molecular formula is C56H99O11P. The van der Waals surface area contributed by atoms with Gasteiger partial charge in [-0.3, -0.25) is 23.4 Å². The molecule has 0 spiro atoms. The topological polar surface area (TPSA) is 155 Å². The summed E-state index contributed by atoms with van der Waals surface area (Å²) >= 11 is 0. The number of esters is 3. The summed E-state index contributed by atoms with van der Waals surface area (Å²) < 4.78 is 39.4. The fourth-order valence-electron chi connectivity index (χ4n) is 7.18. The first-order valence-corrected chi connectivity index (χ1v) is 28.7. The van der Waals surface area contributed by atoms with Crippen LogP contribution in [0.1, 0.15) is 239 Å². The van der Waals surface area contributed by atoms with E-state index in [4.69, 9.17) is 23.3 Å². The first kappa shape index (κ1) is 65.2. The highest BCUT2D eigenvalue weighted by molar-refractivity contribution is 7.47. The Kier molecular flexibility index (Phi) is 48.5. The van der Waals surface area contributed by atoms with Crippen LogP contribution in [-0.2, 0) is 42.2 Å². The molecule has 0 aromatic carbocycles. The summed E-state index contributed by atoms with van der Waals surface area (Å²) in [5, 5.41) is 9.78. The molecule has 11 nitrogen and oxygen atoms in total. The maximum absolute atomic E-state index is 12.9. The van der Waals surface area contributed by atoms with E-state index < -0.39 is 57.8 Å². The Morgan fingerprint density at radius 1 is 0.412 bits per heavy atom. The highest BCUT2D eigenvalue weighted by Gasteiger charge is 2.28. The average Bonchev–Trinajstić information content (AvgIpc) is 3.32. The first-order chi connectivity index (χ1) is 33.2. The first-order valence-electron chi connectivity index (χ1n) is 27.2. The second-order valence-corrected chi connectivity index (χ2v) is 19.5. The fourth-order valence-corrected chi connectivity index (χ4v) is 7.97. The van der Waals surface area contributed by atoms with Crippen LogP contribution in [0.4, 0.5) is 0 Å². The fraction of sp³-hybridized carbons (Fsp3) is 0.768. The minimum Gasteiger partial charge on any atom is -0.462 e. The van der Waals surface area contributed by atoms with Crippen molar-refractivity contribution in [2.75, 3.05) is 26.4 Å². The molecule has 0 fully saturated rings. The number of ether oxygens (including phenoxy) is 3. The van der Waals surface area contributed by atoms with Gasteiger partial charge in [-0.1, -0.05) is 178 Å². The molecule has 0 amide bonds. The summed E-state index contributed by atoms with van der Waals surface area (Å²) in [6.07, 6.45) is 53.2. The van der Waals surface area contributed by atoms with Crippen molar-refractivity contribution < 1.29 is 52.2 Å². The second kappa shape index (κ2) is 50.6. The van der Waals surface area contributed by atoms with Crippen LogP contribution in [0.3, 0.4) is 0 Å². The van der Waals surface area contributed by atoms with Crippen LogP contribution >= 0.6 is 7.82 Å². The van der Waals surface area contributed by atoms with Crippen molar-refractivity contribution in [3.8, 4) is 0 Å². The van der Waals surface area contributed by atoms with Crippen LogP contribution < -0.4 is 0 Å². The summed E-state index contributed by atoms with van der Waals surface area (Å²) in [5.41, 5.74) is 0. The molecule has 0 aliphatic heterocycles. The van der Waals surface area contributed by atoms with Crippen LogP contribution in [0.2, 0.25) is 0 Å². The van der Waals surface area contributed by atoms with Crippen molar-refractivity contribution in [2.45, 2.75) is 251 Å². The number of unbranched alkanes of at least 4 members (excludes halogenated alkanes) is 23. The molecule has 0 aromatic heterocycles. The van der Waals surface area contributed by atoms with E-state index >= 15 is 0 Å². The molecular weight excluding hydrogens is 880 g/mol. The molecule has 0 saturated heterocycles. The lowest BCUT2D eigenvalue weighted by Gasteiger charge is -2.21. The molecule has 12 heteroatoms. The Morgan fingerprint density at radius 3 is 1.19 bits per heavy atom. The number of aliphatic hydroxyl groups is 1. The summed E-state index contributed by atoms with van der Waals surface area (Å²) in [6, 6.07) is 0. The number of allylic oxidation sites excluding steroid dienone is 10. The average molecular weight is 979 g/mol. The van der Waals surface area contributed by atoms with Gasteiger partial charge in [0.2, 0.25) is 0 Å². The smallest absolute Gasteiger partial charge is 0.462 e. The number of carbonyl (C=O) groups is 3. The molecule has 0 radical (unpaired) electrons. The van der Waals surface area contributed by atoms with Crippen molar-refractivity contribution in [3.63, 3.8) is 0 Å². The minimum absolute atomic E-state index is 0.147. The van der Waals surface area contributed by atoms with Crippen LogP contribution in [0.5, 0.6) is 0 Å². The summed E-state index contributed by atoms with van der Waals surface area (Å²) in [6.45, 7) is 4.49. The zero-order valence-corrected chi connectivity index (χ0v) is 44.2. The molecule has 68 heavy (non-hydrogen) atoms. The van der Waals surface area contributed by atoms with Gasteiger partial charge in [-0.05, 0) is 103 Å². The highest BCUT2D eigenvalue weighted by atomic mass is 31.2. The van der Waals surface area contributed by atoms with Crippen LogP contribution in [-0.4, -0.2) is 66.5 Å². The lowest BCUT2D eigenvalue weighted by atomic mass is 10.1. The number of rotatable bonds is 50. The van der Waals surface area contributed by atoms with Gasteiger partial charge in [0.05, 0.1) is 19.8 Å². The van der Waals surface area contributed by atoms with Gasteiger partial charge in [-0.25, -0.2) is 4.57 Å². The Morgan fingerprint density at radius 2 is 0.750 bits per heavy atom. The van der Waals surface area contributed by atoms with Gasteiger partial charge < -0.3 is 24.2 Å². The van der Waals surface area contributed by atoms with Crippen molar-refractivity contribution in [1.82, 2.24) is 0 Å². The molecule has 0 bridgehead atoms. The third-order valence-corrected chi connectivity index (χ3v) is 12.3. The number of carbonyl (C=O) groups excluding carboxylic acids is 3. The van der Waals surface area contributed by atoms with E-state index in [0.717, 1.165) is 135 Å². The number of hydrogen-bond donors (Lipinski definition) is 2. The van der Waals surface area contributed by atoms with Crippen LogP contribution in [0.15, 0.2) is 60.8 Å². The van der Waals surface area contributed by atoms with Gasteiger partial charge in [-0.2, -0.15) is 0 Å². The largest absolute Gasteiger partial charge is 0.472 e.